The maximum absolute atomic E-state index is 11.4. The van der Waals surface area contributed by atoms with Gasteiger partial charge in [0.25, 0.3) is 5.91 Å². The van der Waals surface area contributed by atoms with E-state index in [-0.39, 0.29) is 12.0 Å². The van der Waals surface area contributed by atoms with Gasteiger partial charge in [-0.2, -0.15) is 0 Å². The molecule has 0 saturated carbocycles. The molecular weight excluding hydrogens is 246 g/mol. The summed E-state index contributed by atoms with van der Waals surface area (Å²) in [5.41, 5.74) is 2.54. The number of nitrogen functional groups attached to an aromatic ring is 1. The third-order valence-corrected chi connectivity index (χ3v) is 3.46. The van der Waals surface area contributed by atoms with Crippen LogP contribution in [0.4, 0.5) is 0 Å². The summed E-state index contributed by atoms with van der Waals surface area (Å²) >= 11 is 0. The van der Waals surface area contributed by atoms with Gasteiger partial charge in [0.1, 0.15) is 12.0 Å². The van der Waals surface area contributed by atoms with Crippen molar-refractivity contribution in [1.29, 1.82) is 0 Å². The van der Waals surface area contributed by atoms with Gasteiger partial charge in [0, 0.05) is 12.6 Å². The van der Waals surface area contributed by atoms with Crippen molar-refractivity contribution in [3.63, 3.8) is 0 Å². The number of morpholine rings is 1. The Balaban J connectivity index is 2.02. The molecule has 0 radical (unpaired) electrons. The molecule has 1 aliphatic rings. The molecule has 1 fully saturated rings. The number of hydrogen-bond donors (Lipinski definition) is 2. The molecule has 6 nitrogen and oxygen atoms in total. The van der Waals surface area contributed by atoms with E-state index in [4.69, 9.17) is 15.0 Å². The highest BCUT2D eigenvalue weighted by Gasteiger charge is 2.26. The highest BCUT2D eigenvalue weighted by Crippen LogP contribution is 2.19. The van der Waals surface area contributed by atoms with Crippen LogP contribution in [0.25, 0.3) is 0 Å². The van der Waals surface area contributed by atoms with Crippen molar-refractivity contribution in [2.24, 2.45) is 5.84 Å². The highest BCUT2D eigenvalue weighted by molar-refractivity contribution is 5.93. The van der Waals surface area contributed by atoms with Crippen LogP contribution in [0.3, 0.4) is 0 Å². The standard InChI is InChI=1S/C13H21N3O3/c1-3-11-8-18-9(2)5-16(11)6-12-4-10(7-19-12)13(17)15-14/h4,7,9,11H,3,5-6,8,14H2,1-2H3,(H,15,17). The van der Waals surface area contributed by atoms with Crippen LogP contribution in [-0.2, 0) is 11.3 Å². The van der Waals surface area contributed by atoms with E-state index in [1.807, 2.05) is 0 Å². The predicted molar refractivity (Wildman–Crippen MR) is 70.3 cm³/mol. The van der Waals surface area contributed by atoms with E-state index in [0.717, 1.165) is 25.3 Å². The van der Waals surface area contributed by atoms with Crippen molar-refractivity contribution in [3.05, 3.63) is 23.7 Å². The summed E-state index contributed by atoms with van der Waals surface area (Å²) in [5.74, 6) is 5.53. The second kappa shape index (κ2) is 6.18. The van der Waals surface area contributed by atoms with E-state index in [9.17, 15) is 4.79 Å². The number of ether oxygens (including phenoxy) is 1. The second-order valence-electron chi connectivity index (χ2n) is 4.91. The lowest BCUT2D eigenvalue weighted by Crippen LogP contribution is -2.47. The first-order valence-electron chi connectivity index (χ1n) is 6.58. The number of amides is 1. The van der Waals surface area contributed by atoms with E-state index in [1.165, 1.54) is 6.26 Å². The summed E-state index contributed by atoms with van der Waals surface area (Å²) in [6.45, 7) is 6.51. The lowest BCUT2D eigenvalue weighted by Gasteiger charge is -2.37. The molecule has 2 unspecified atom stereocenters. The number of nitrogens with two attached hydrogens (primary N) is 1. The maximum Gasteiger partial charge on any atom is 0.268 e. The van der Waals surface area contributed by atoms with Crippen LogP contribution < -0.4 is 11.3 Å². The summed E-state index contributed by atoms with van der Waals surface area (Å²) in [6, 6.07) is 2.13. The number of rotatable bonds is 4. The van der Waals surface area contributed by atoms with E-state index in [2.05, 4.69) is 24.2 Å². The fraction of sp³-hybridized carbons (Fsp3) is 0.615. The van der Waals surface area contributed by atoms with Crippen LogP contribution in [0.5, 0.6) is 0 Å². The monoisotopic (exact) mass is 267 g/mol. The molecule has 3 N–H and O–H groups in total. The number of nitrogens with one attached hydrogen (secondary N) is 1. The number of carbonyl (C=O) groups is 1. The molecule has 6 heteroatoms. The molecule has 0 spiro atoms. The van der Waals surface area contributed by atoms with Crippen LogP contribution in [0, 0.1) is 0 Å². The van der Waals surface area contributed by atoms with Crippen LogP contribution in [0.1, 0.15) is 36.4 Å². The molecule has 106 valence electrons. The Morgan fingerprint density at radius 3 is 3.11 bits per heavy atom. The number of furan rings is 1. The Labute approximate surface area is 112 Å². The van der Waals surface area contributed by atoms with Gasteiger partial charge in [0.2, 0.25) is 0 Å². The topological polar surface area (TPSA) is 80.7 Å². The van der Waals surface area contributed by atoms with Crippen molar-refractivity contribution >= 4 is 5.91 Å². The normalized spacial score (nSPS) is 24.4. The van der Waals surface area contributed by atoms with Crippen LogP contribution in [0.2, 0.25) is 0 Å². The summed E-state index contributed by atoms with van der Waals surface area (Å²) in [4.78, 5) is 13.7. The van der Waals surface area contributed by atoms with Crippen molar-refractivity contribution < 1.29 is 13.9 Å². The van der Waals surface area contributed by atoms with Crippen molar-refractivity contribution in [2.45, 2.75) is 39.0 Å². The van der Waals surface area contributed by atoms with E-state index >= 15 is 0 Å². The summed E-state index contributed by atoms with van der Waals surface area (Å²) in [6.07, 6.45) is 2.69. The van der Waals surface area contributed by atoms with Gasteiger partial charge in [-0.1, -0.05) is 6.92 Å². The smallest absolute Gasteiger partial charge is 0.268 e. The van der Waals surface area contributed by atoms with Crippen molar-refractivity contribution in [3.8, 4) is 0 Å². The van der Waals surface area contributed by atoms with Gasteiger partial charge in [-0.25, -0.2) is 5.84 Å². The molecule has 0 aromatic carbocycles. The minimum Gasteiger partial charge on any atom is -0.467 e. The number of carbonyl (C=O) groups excluding carboxylic acids is 1. The van der Waals surface area contributed by atoms with Gasteiger partial charge in [0.15, 0.2) is 0 Å². The molecule has 0 bridgehead atoms. The van der Waals surface area contributed by atoms with Crippen molar-refractivity contribution in [1.82, 2.24) is 10.3 Å². The zero-order valence-electron chi connectivity index (χ0n) is 11.4. The maximum atomic E-state index is 11.4. The molecule has 1 aliphatic heterocycles. The Hall–Kier alpha value is -1.37. The average Bonchev–Trinajstić information content (AvgIpc) is 2.86. The quantitative estimate of drug-likeness (QED) is 0.481. The first kappa shape index (κ1) is 14.0. The minimum atomic E-state index is -0.336. The van der Waals surface area contributed by atoms with E-state index in [1.54, 1.807) is 6.07 Å². The summed E-state index contributed by atoms with van der Waals surface area (Å²) < 4.78 is 11.1. The van der Waals surface area contributed by atoms with Gasteiger partial charge in [-0.3, -0.25) is 15.1 Å². The minimum absolute atomic E-state index is 0.226. The zero-order chi connectivity index (χ0) is 13.8. The third-order valence-electron chi connectivity index (χ3n) is 3.46. The number of nitrogens with zero attached hydrogens (tertiary/aromatic N) is 1. The van der Waals surface area contributed by atoms with E-state index < -0.39 is 0 Å². The molecule has 1 amide bonds. The molecule has 0 aliphatic carbocycles. The fourth-order valence-corrected chi connectivity index (χ4v) is 2.35. The molecule has 19 heavy (non-hydrogen) atoms. The van der Waals surface area contributed by atoms with Gasteiger partial charge in [0.05, 0.1) is 24.8 Å². The first-order chi connectivity index (χ1) is 9.13. The number of hydrogen-bond acceptors (Lipinski definition) is 5. The zero-order valence-corrected chi connectivity index (χ0v) is 11.4. The highest BCUT2D eigenvalue weighted by atomic mass is 16.5. The molecule has 1 aromatic heterocycles. The molecule has 1 aromatic rings. The molecule has 2 heterocycles. The Morgan fingerprint density at radius 1 is 1.63 bits per heavy atom. The third kappa shape index (κ3) is 3.34. The van der Waals surface area contributed by atoms with Crippen LogP contribution in [0.15, 0.2) is 16.7 Å². The molecule has 2 atom stereocenters. The number of hydrazine groups is 1. The lowest BCUT2D eigenvalue weighted by atomic mass is 10.1. The predicted octanol–water partition coefficient (Wildman–Crippen LogP) is 0.882. The average molecular weight is 267 g/mol. The van der Waals surface area contributed by atoms with Crippen LogP contribution in [-0.4, -0.2) is 36.1 Å². The van der Waals surface area contributed by atoms with Gasteiger partial charge < -0.3 is 9.15 Å². The van der Waals surface area contributed by atoms with Gasteiger partial charge in [-0.15, -0.1) is 0 Å². The SMILES string of the molecule is CCC1COC(C)CN1Cc1cc(C(=O)NN)co1. The molecule has 1 saturated heterocycles. The summed E-state index contributed by atoms with van der Waals surface area (Å²) in [5, 5.41) is 0. The molecular formula is C13H21N3O3. The molecule has 2 rings (SSSR count). The summed E-state index contributed by atoms with van der Waals surface area (Å²) in [7, 11) is 0. The van der Waals surface area contributed by atoms with Crippen LogP contribution >= 0.6 is 0 Å². The second-order valence-corrected chi connectivity index (χ2v) is 4.91. The first-order valence-corrected chi connectivity index (χ1v) is 6.58. The van der Waals surface area contributed by atoms with Gasteiger partial charge >= 0.3 is 0 Å². The largest absolute Gasteiger partial charge is 0.467 e. The van der Waals surface area contributed by atoms with Gasteiger partial charge in [-0.05, 0) is 19.4 Å². The van der Waals surface area contributed by atoms with Crippen molar-refractivity contribution in [2.75, 3.05) is 13.2 Å². The van der Waals surface area contributed by atoms with E-state index in [0.29, 0.717) is 18.2 Å². The lowest BCUT2D eigenvalue weighted by molar-refractivity contribution is -0.0610. The fourth-order valence-electron chi connectivity index (χ4n) is 2.35. The Morgan fingerprint density at radius 2 is 2.42 bits per heavy atom. The Bertz CT molecular complexity index is 433. The Kier molecular flexibility index (Phi) is 4.57.